The zero-order chi connectivity index (χ0) is 12.4. The van der Waals surface area contributed by atoms with Crippen molar-refractivity contribution in [3.05, 3.63) is 29.8 Å². The van der Waals surface area contributed by atoms with Crippen LogP contribution < -0.4 is 5.32 Å². The summed E-state index contributed by atoms with van der Waals surface area (Å²) < 4.78 is 3.43. The smallest absolute Gasteiger partial charge is 0.258 e. The van der Waals surface area contributed by atoms with E-state index >= 15 is 0 Å². The lowest BCUT2D eigenvalue weighted by atomic mass is 10.3. The largest absolute Gasteiger partial charge is 0.319 e. The number of rotatable bonds is 3. The van der Waals surface area contributed by atoms with E-state index in [4.69, 9.17) is 0 Å². The Morgan fingerprint density at radius 1 is 1.41 bits per heavy atom. The highest BCUT2D eigenvalue weighted by Crippen LogP contribution is 2.14. The molecule has 2 aromatic heterocycles. The predicted molar refractivity (Wildman–Crippen MR) is 63.8 cm³/mol. The Hall–Kier alpha value is -2.11. The van der Waals surface area contributed by atoms with Gasteiger partial charge >= 0.3 is 0 Å². The van der Waals surface area contributed by atoms with E-state index in [1.54, 1.807) is 24.1 Å². The van der Waals surface area contributed by atoms with Gasteiger partial charge in [0.1, 0.15) is 0 Å². The van der Waals surface area contributed by atoms with Gasteiger partial charge in [0.15, 0.2) is 0 Å². The second-order valence-corrected chi connectivity index (χ2v) is 3.82. The maximum absolute atomic E-state index is 11.9. The maximum atomic E-state index is 11.9. The van der Waals surface area contributed by atoms with Gasteiger partial charge in [0, 0.05) is 19.8 Å². The zero-order valence-electron chi connectivity index (χ0n) is 10.1. The minimum Gasteiger partial charge on any atom is -0.319 e. The monoisotopic (exact) mass is 233 g/mol. The fraction of sp³-hybridized carbons (Fsp3) is 0.364. The SMILES string of the molecule is CCn1ncc(NC(=O)c2cnn(C)c2)c1C. The minimum absolute atomic E-state index is 0.170. The van der Waals surface area contributed by atoms with Gasteiger partial charge in [0.25, 0.3) is 5.91 Å². The second-order valence-electron chi connectivity index (χ2n) is 3.82. The number of nitrogens with one attached hydrogen (secondary N) is 1. The van der Waals surface area contributed by atoms with Crippen LogP contribution in [0, 0.1) is 6.92 Å². The number of carbonyl (C=O) groups is 1. The van der Waals surface area contributed by atoms with Gasteiger partial charge in [-0.15, -0.1) is 0 Å². The van der Waals surface area contributed by atoms with E-state index < -0.39 is 0 Å². The van der Waals surface area contributed by atoms with E-state index in [-0.39, 0.29) is 5.91 Å². The number of anilines is 1. The van der Waals surface area contributed by atoms with Crippen LogP contribution in [0.15, 0.2) is 18.6 Å². The molecule has 0 saturated heterocycles. The van der Waals surface area contributed by atoms with Crippen LogP contribution in [-0.2, 0) is 13.6 Å². The summed E-state index contributed by atoms with van der Waals surface area (Å²) in [6.07, 6.45) is 4.87. The summed E-state index contributed by atoms with van der Waals surface area (Å²) >= 11 is 0. The number of aryl methyl sites for hydroxylation is 2. The minimum atomic E-state index is -0.170. The van der Waals surface area contributed by atoms with Gasteiger partial charge in [0.2, 0.25) is 0 Å². The normalized spacial score (nSPS) is 10.5. The fourth-order valence-corrected chi connectivity index (χ4v) is 1.62. The van der Waals surface area contributed by atoms with Crippen molar-refractivity contribution in [2.24, 2.45) is 7.05 Å². The number of hydrogen-bond acceptors (Lipinski definition) is 3. The summed E-state index contributed by atoms with van der Waals surface area (Å²) in [6, 6.07) is 0. The first-order chi connectivity index (χ1) is 8.11. The van der Waals surface area contributed by atoms with Crippen molar-refractivity contribution in [1.82, 2.24) is 19.6 Å². The Balaban J connectivity index is 2.15. The molecule has 1 N–H and O–H groups in total. The third kappa shape index (κ3) is 2.20. The van der Waals surface area contributed by atoms with Gasteiger partial charge < -0.3 is 5.32 Å². The van der Waals surface area contributed by atoms with Crippen LogP contribution >= 0.6 is 0 Å². The Kier molecular flexibility index (Phi) is 2.95. The summed E-state index contributed by atoms with van der Waals surface area (Å²) in [5.74, 6) is -0.170. The molecule has 0 radical (unpaired) electrons. The molecular formula is C11H15N5O. The molecule has 0 atom stereocenters. The first-order valence-corrected chi connectivity index (χ1v) is 5.44. The van der Waals surface area contributed by atoms with Crippen molar-refractivity contribution in [3.8, 4) is 0 Å². The van der Waals surface area contributed by atoms with Gasteiger partial charge in [-0.25, -0.2) is 0 Å². The average molecular weight is 233 g/mol. The number of amides is 1. The zero-order valence-corrected chi connectivity index (χ0v) is 10.1. The van der Waals surface area contributed by atoms with E-state index in [1.807, 2.05) is 18.5 Å². The van der Waals surface area contributed by atoms with E-state index in [0.29, 0.717) is 5.56 Å². The third-order valence-electron chi connectivity index (χ3n) is 2.62. The van der Waals surface area contributed by atoms with Crippen LogP contribution in [0.4, 0.5) is 5.69 Å². The molecule has 90 valence electrons. The van der Waals surface area contributed by atoms with E-state index in [0.717, 1.165) is 17.9 Å². The summed E-state index contributed by atoms with van der Waals surface area (Å²) in [4.78, 5) is 11.9. The van der Waals surface area contributed by atoms with Crippen molar-refractivity contribution in [1.29, 1.82) is 0 Å². The molecule has 2 aromatic rings. The first kappa shape index (κ1) is 11.4. The molecule has 0 aliphatic rings. The van der Waals surface area contributed by atoms with Crippen molar-refractivity contribution in [2.45, 2.75) is 20.4 Å². The molecular weight excluding hydrogens is 218 g/mol. The lowest BCUT2D eigenvalue weighted by molar-refractivity contribution is 0.102. The summed E-state index contributed by atoms with van der Waals surface area (Å²) in [5.41, 5.74) is 2.22. The molecule has 0 aliphatic carbocycles. The summed E-state index contributed by atoms with van der Waals surface area (Å²) in [7, 11) is 1.77. The lowest BCUT2D eigenvalue weighted by Gasteiger charge is -2.03. The van der Waals surface area contributed by atoms with Gasteiger partial charge in [-0.1, -0.05) is 0 Å². The standard InChI is InChI=1S/C11H15N5O/c1-4-16-8(2)10(6-13-16)14-11(17)9-5-12-15(3)7-9/h5-7H,4H2,1-3H3,(H,14,17). The highest BCUT2D eigenvalue weighted by Gasteiger charge is 2.11. The van der Waals surface area contributed by atoms with Crippen molar-refractivity contribution < 1.29 is 4.79 Å². The first-order valence-electron chi connectivity index (χ1n) is 5.44. The Morgan fingerprint density at radius 3 is 2.71 bits per heavy atom. The van der Waals surface area contributed by atoms with Crippen LogP contribution in [0.1, 0.15) is 23.0 Å². The fourth-order valence-electron chi connectivity index (χ4n) is 1.62. The van der Waals surface area contributed by atoms with E-state index in [9.17, 15) is 4.79 Å². The highest BCUT2D eigenvalue weighted by molar-refractivity contribution is 6.04. The molecule has 0 saturated carbocycles. The molecule has 1 amide bonds. The molecule has 0 aliphatic heterocycles. The average Bonchev–Trinajstić information content (AvgIpc) is 2.87. The molecule has 0 fully saturated rings. The molecule has 6 heteroatoms. The van der Waals surface area contributed by atoms with Crippen LogP contribution in [0.25, 0.3) is 0 Å². The van der Waals surface area contributed by atoms with E-state index in [1.165, 1.54) is 6.20 Å². The van der Waals surface area contributed by atoms with Crippen LogP contribution in [0.2, 0.25) is 0 Å². The molecule has 0 spiro atoms. The lowest BCUT2D eigenvalue weighted by Crippen LogP contribution is -2.12. The van der Waals surface area contributed by atoms with Gasteiger partial charge in [-0.2, -0.15) is 10.2 Å². The number of aromatic nitrogens is 4. The number of carbonyl (C=O) groups excluding carboxylic acids is 1. The van der Waals surface area contributed by atoms with Crippen LogP contribution in [0.3, 0.4) is 0 Å². The number of nitrogens with zero attached hydrogens (tertiary/aromatic N) is 4. The van der Waals surface area contributed by atoms with Gasteiger partial charge in [-0.05, 0) is 13.8 Å². The number of hydrogen-bond donors (Lipinski definition) is 1. The molecule has 0 bridgehead atoms. The van der Waals surface area contributed by atoms with Crippen LogP contribution in [-0.4, -0.2) is 25.5 Å². The van der Waals surface area contributed by atoms with Crippen molar-refractivity contribution >= 4 is 11.6 Å². The molecule has 6 nitrogen and oxygen atoms in total. The van der Waals surface area contributed by atoms with Crippen molar-refractivity contribution in [3.63, 3.8) is 0 Å². The highest BCUT2D eigenvalue weighted by atomic mass is 16.1. The Bertz CT molecular complexity index is 540. The molecule has 0 aromatic carbocycles. The van der Waals surface area contributed by atoms with Gasteiger partial charge in [-0.3, -0.25) is 14.2 Å². The quantitative estimate of drug-likeness (QED) is 0.866. The Labute approximate surface area is 99.2 Å². The van der Waals surface area contributed by atoms with E-state index in [2.05, 4.69) is 15.5 Å². The molecule has 17 heavy (non-hydrogen) atoms. The van der Waals surface area contributed by atoms with Crippen molar-refractivity contribution in [2.75, 3.05) is 5.32 Å². The summed E-state index contributed by atoms with van der Waals surface area (Å²) in [6.45, 7) is 4.72. The maximum Gasteiger partial charge on any atom is 0.258 e. The predicted octanol–water partition coefficient (Wildman–Crippen LogP) is 1.20. The topological polar surface area (TPSA) is 64.7 Å². The molecule has 2 rings (SSSR count). The molecule has 0 unspecified atom stereocenters. The molecule has 2 heterocycles. The second kappa shape index (κ2) is 4.40. The van der Waals surface area contributed by atoms with Crippen LogP contribution in [0.5, 0.6) is 0 Å². The summed E-state index contributed by atoms with van der Waals surface area (Å²) in [5, 5.41) is 10.9. The van der Waals surface area contributed by atoms with Gasteiger partial charge in [0.05, 0.1) is 29.3 Å². The third-order valence-corrected chi connectivity index (χ3v) is 2.62. The Morgan fingerprint density at radius 2 is 2.18 bits per heavy atom.